The maximum Gasteiger partial charge on any atom is 0.257 e. The van der Waals surface area contributed by atoms with Gasteiger partial charge in [0.2, 0.25) is 0 Å². The lowest BCUT2D eigenvalue weighted by atomic mass is 10.0. The van der Waals surface area contributed by atoms with Crippen LogP contribution in [0.4, 0.5) is 5.69 Å². The number of amides is 1. The zero-order valence-electron chi connectivity index (χ0n) is 17.9. The van der Waals surface area contributed by atoms with Crippen LogP contribution < -0.4 is 19.5 Å². The van der Waals surface area contributed by atoms with E-state index in [0.29, 0.717) is 29.4 Å². The summed E-state index contributed by atoms with van der Waals surface area (Å²) in [5, 5.41) is 3.52. The third-order valence-electron chi connectivity index (χ3n) is 5.53. The van der Waals surface area contributed by atoms with E-state index in [2.05, 4.69) is 17.4 Å². The fourth-order valence-electron chi connectivity index (χ4n) is 3.95. The Balaban J connectivity index is 1.79. The van der Waals surface area contributed by atoms with Gasteiger partial charge >= 0.3 is 0 Å². The van der Waals surface area contributed by atoms with Gasteiger partial charge in [-0.3, -0.25) is 4.79 Å². The van der Waals surface area contributed by atoms with Crippen molar-refractivity contribution in [2.45, 2.75) is 12.6 Å². The van der Waals surface area contributed by atoms with Gasteiger partial charge in [-0.25, -0.2) is 0 Å². The van der Waals surface area contributed by atoms with Gasteiger partial charge in [0.05, 0.1) is 32.5 Å². The number of hydrogen-bond acceptors (Lipinski definition) is 5. The van der Waals surface area contributed by atoms with Gasteiger partial charge in [0.25, 0.3) is 5.91 Å². The van der Waals surface area contributed by atoms with E-state index in [1.165, 1.54) is 5.56 Å². The molecular formula is C25H26N2O4. The Kier molecular flexibility index (Phi) is 5.98. The van der Waals surface area contributed by atoms with Crippen molar-refractivity contribution in [1.29, 1.82) is 0 Å². The molecule has 0 aromatic heterocycles. The zero-order valence-corrected chi connectivity index (χ0v) is 17.9. The summed E-state index contributed by atoms with van der Waals surface area (Å²) in [5.41, 5.74) is 3.36. The summed E-state index contributed by atoms with van der Waals surface area (Å²) in [5.74, 6) is 1.77. The predicted octanol–water partition coefficient (Wildman–Crippen LogP) is 4.52. The molecule has 4 rings (SSSR count). The van der Waals surface area contributed by atoms with Gasteiger partial charge in [0.15, 0.2) is 0 Å². The van der Waals surface area contributed by atoms with Crippen LogP contribution in [0.5, 0.6) is 17.2 Å². The number of nitrogens with zero attached hydrogens (tertiary/aromatic N) is 1. The molecule has 0 saturated carbocycles. The summed E-state index contributed by atoms with van der Waals surface area (Å²) >= 11 is 0. The number of hydrogen-bond donors (Lipinski definition) is 1. The summed E-state index contributed by atoms with van der Waals surface area (Å²) in [6.07, 6.45) is 0.273. The molecule has 1 amide bonds. The number of methoxy groups -OCH3 is 3. The summed E-state index contributed by atoms with van der Waals surface area (Å²) < 4.78 is 16.7. The Morgan fingerprint density at radius 3 is 2.16 bits per heavy atom. The number of carbonyl (C=O) groups excluding carboxylic acids is 1. The first kappa shape index (κ1) is 20.6. The monoisotopic (exact) mass is 418 g/mol. The highest BCUT2D eigenvalue weighted by molar-refractivity contribution is 6.01. The molecule has 0 bridgehead atoms. The third-order valence-corrected chi connectivity index (χ3v) is 5.53. The van der Waals surface area contributed by atoms with Gasteiger partial charge in [-0.05, 0) is 24.1 Å². The molecule has 6 heteroatoms. The van der Waals surface area contributed by atoms with Gasteiger partial charge in [-0.15, -0.1) is 0 Å². The Hall–Kier alpha value is -3.67. The van der Waals surface area contributed by atoms with Gasteiger partial charge in [0, 0.05) is 24.4 Å². The average molecular weight is 418 g/mol. The molecule has 0 spiro atoms. The number of anilines is 1. The largest absolute Gasteiger partial charge is 0.496 e. The molecule has 0 fully saturated rings. The molecule has 1 aliphatic rings. The van der Waals surface area contributed by atoms with E-state index in [1.54, 1.807) is 33.5 Å². The lowest BCUT2D eigenvalue weighted by molar-refractivity contribution is 0.0681. The smallest absolute Gasteiger partial charge is 0.257 e. The highest BCUT2D eigenvalue weighted by atomic mass is 16.5. The molecule has 0 unspecified atom stereocenters. The van der Waals surface area contributed by atoms with Crippen LogP contribution in [0.2, 0.25) is 0 Å². The maximum atomic E-state index is 13.5. The summed E-state index contributed by atoms with van der Waals surface area (Å²) in [4.78, 5) is 15.4. The zero-order chi connectivity index (χ0) is 21.8. The average Bonchev–Trinajstić information content (AvgIpc) is 2.83. The number of benzene rings is 3. The minimum atomic E-state index is -0.457. The number of fused-ring (bicyclic) bond motifs is 1. The highest BCUT2D eigenvalue weighted by Gasteiger charge is 2.36. The summed E-state index contributed by atoms with van der Waals surface area (Å²) in [6, 6.07) is 21.3. The van der Waals surface area contributed by atoms with Gasteiger partial charge in [0.1, 0.15) is 23.4 Å². The third kappa shape index (κ3) is 4.01. The molecular weight excluding hydrogens is 392 g/mol. The fourth-order valence-corrected chi connectivity index (χ4v) is 3.95. The molecule has 0 aliphatic carbocycles. The number of para-hydroxylation sites is 1. The molecule has 1 N–H and O–H groups in total. The first-order chi connectivity index (χ1) is 15.2. The molecule has 1 heterocycles. The molecule has 3 aromatic carbocycles. The van der Waals surface area contributed by atoms with Crippen LogP contribution >= 0.6 is 0 Å². The number of carbonyl (C=O) groups is 1. The van der Waals surface area contributed by atoms with Crippen molar-refractivity contribution in [3.05, 3.63) is 83.4 Å². The minimum Gasteiger partial charge on any atom is -0.496 e. The van der Waals surface area contributed by atoms with E-state index in [-0.39, 0.29) is 5.91 Å². The Morgan fingerprint density at radius 1 is 0.871 bits per heavy atom. The Labute approximate surface area is 182 Å². The number of ether oxygens (including phenoxy) is 3. The van der Waals surface area contributed by atoms with Gasteiger partial charge in [-0.1, -0.05) is 42.5 Å². The van der Waals surface area contributed by atoms with Gasteiger partial charge < -0.3 is 24.4 Å². The topological polar surface area (TPSA) is 60.0 Å². The second-order valence-corrected chi connectivity index (χ2v) is 7.27. The first-order valence-corrected chi connectivity index (χ1v) is 10.2. The molecule has 1 aliphatic heterocycles. The van der Waals surface area contributed by atoms with Crippen LogP contribution in [0.1, 0.15) is 27.7 Å². The van der Waals surface area contributed by atoms with Crippen molar-refractivity contribution >= 4 is 11.6 Å². The lowest BCUT2D eigenvalue weighted by Crippen LogP contribution is -2.44. The van der Waals surface area contributed by atoms with Crippen molar-refractivity contribution < 1.29 is 19.0 Å². The van der Waals surface area contributed by atoms with Crippen molar-refractivity contribution in [1.82, 2.24) is 4.90 Å². The molecule has 0 radical (unpaired) electrons. The van der Waals surface area contributed by atoms with Gasteiger partial charge in [-0.2, -0.15) is 0 Å². The normalized spacial score (nSPS) is 15.1. The van der Waals surface area contributed by atoms with Crippen molar-refractivity contribution in [3.63, 3.8) is 0 Å². The van der Waals surface area contributed by atoms with E-state index in [9.17, 15) is 4.79 Å². The fraction of sp³-hybridized carbons (Fsp3) is 0.240. The molecule has 31 heavy (non-hydrogen) atoms. The molecule has 160 valence electrons. The Morgan fingerprint density at radius 2 is 1.52 bits per heavy atom. The maximum absolute atomic E-state index is 13.5. The highest BCUT2D eigenvalue weighted by Crippen LogP contribution is 2.43. The molecule has 0 saturated heterocycles. The van der Waals surface area contributed by atoms with Crippen LogP contribution in [0, 0.1) is 0 Å². The minimum absolute atomic E-state index is 0.0322. The first-order valence-electron chi connectivity index (χ1n) is 10.2. The SMILES string of the molecule is COc1cc(OC)c([C@H]2Nc3ccccc3C(=O)N2CCc2ccccc2)c(OC)c1. The molecule has 1 atom stereocenters. The summed E-state index contributed by atoms with van der Waals surface area (Å²) in [6.45, 7) is 0.535. The number of rotatable bonds is 7. The summed E-state index contributed by atoms with van der Waals surface area (Å²) in [7, 11) is 4.80. The van der Waals surface area contributed by atoms with Crippen LogP contribution in [0.15, 0.2) is 66.7 Å². The van der Waals surface area contributed by atoms with E-state index in [4.69, 9.17) is 14.2 Å². The van der Waals surface area contributed by atoms with E-state index < -0.39 is 6.17 Å². The van der Waals surface area contributed by atoms with Crippen LogP contribution in [-0.4, -0.2) is 38.7 Å². The predicted molar refractivity (Wildman–Crippen MR) is 120 cm³/mol. The van der Waals surface area contributed by atoms with Crippen LogP contribution in [-0.2, 0) is 6.42 Å². The quantitative estimate of drug-likeness (QED) is 0.611. The second kappa shape index (κ2) is 9.00. The molecule has 3 aromatic rings. The van der Waals surface area contributed by atoms with E-state index in [1.807, 2.05) is 47.4 Å². The van der Waals surface area contributed by atoms with Crippen LogP contribution in [0.3, 0.4) is 0 Å². The van der Waals surface area contributed by atoms with Crippen molar-refractivity contribution in [2.75, 3.05) is 33.2 Å². The van der Waals surface area contributed by atoms with Crippen molar-refractivity contribution in [3.8, 4) is 17.2 Å². The van der Waals surface area contributed by atoms with Crippen LogP contribution in [0.25, 0.3) is 0 Å². The Bertz CT molecular complexity index is 1040. The lowest BCUT2D eigenvalue weighted by Gasteiger charge is -2.39. The standard InChI is InChI=1S/C25H26N2O4/c1-29-18-15-21(30-2)23(22(16-18)31-3)24-26-20-12-8-7-11-19(20)25(28)27(24)14-13-17-9-5-4-6-10-17/h4-12,15-16,24,26H,13-14H2,1-3H3/t24-/m0/s1. The van der Waals surface area contributed by atoms with E-state index >= 15 is 0 Å². The second-order valence-electron chi connectivity index (χ2n) is 7.27. The number of nitrogens with one attached hydrogen (secondary N) is 1. The van der Waals surface area contributed by atoms with E-state index in [0.717, 1.165) is 17.7 Å². The molecule has 6 nitrogen and oxygen atoms in total. The van der Waals surface area contributed by atoms with Crippen molar-refractivity contribution in [2.24, 2.45) is 0 Å².